The van der Waals surface area contributed by atoms with Crippen molar-refractivity contribution in [3.63, 3.8) is 0 Å². The minimum atomic E-state index is 0.251. The van der Waals surface area contributed by atoms with Crippen molar-refractivity contribution in [3.8, 4) is 0 Å². The van der Waals surface area contributed by atoms with Crippen molar-refractivity contribution in [2.75, 3.05) is 0 Å². The van der Waals surface area contributed by atoms with Gasteiger partial charge in [0.2, 0.25) is 5.91 Å². The van der Waals surface area contributed by atoms with Gasteiger partial charge in [0.05, 0.1) is 0 Å². The quantitative estimate of drug-likeness (QED) is 0.737. The van der Waals surface area contributed by atoms with Crippen LogP contribution >= 0.6 is 11.3 Å². The molecule has 1 aromatic carbocycles. The highest BCUT2D eigenvalue weighted by Gasteiger charge is 2.19. The van der Waals surface area contributed by atoms with E-state index in [2.05, 4.69) is 37.4 Å². The van der Waals surface area contributed by atoms with Gasteiger partial charge >= 0.3 is 0 Å². The maximum absolute atomic E-state index is 12.6. The van der Waals surface area contributed by atoms with Crippen LogP contribution in [0.2, 0.25) is 0 Å². The van der Waals surface area contributed by atoms with E-state index in [1.54, 1.807) is 11.3 Å². The minimum Gasteiger partial charge on any atom is -0.336 e. The van der Waals surface area contributed by atoms with Gasteiger partial charge in [-0.1, -0.05) is 43.3 Å². The smallest absolute Gasteiger partial charge is 0.223 e. The number of thiophene rings is 1. The second-order valence-corrected chi connectivity index (χ2v) is 6.38. The zero-order valence-electron chi connectivity index (χ0n) is 12.8. The highest BCUT2D eigenvalue weighted by molar-refractivity contribution is 7.09. The molecule has 112 valence electrons. The van der Waals surface area contributed by atoms with E-state index in [-0.39, 0.29) is 11.9 Å². The Labute approximate surface area is 131 Å². The van der Waals surface area contributed by atoms with Gasteiger partial charge < -0.3 is 4.90 Å². The number of aryl methyl sites for hydroxylation is 1. The van der Waals surface area contributed by atoms with Crippen LogP contribution in [-0.4, -0.2) is 16.8 Å². The topological polar surface area (TPSA) is 20.3 Å². The maximum atomic E-state index is 12.6. The van der Waals surface area contributed by atoms with Crippen molar-refractivity contribution in [2.24, 2.45) is 0 Å². The Morgan fingerprint density at radius 1 is 1.19 bits per heavy atom. The zero-order valence-corrected chi connectivity index (χ0v) is 13.6. The van der Waals surface area contributed by atoms with Crippen LogP contribution in [0.4, 0.5) is 0 Å². The first kappa shape index (κ1) is 15.8. The van der Waals surface area contributed by atoms with Crippen LogP contribution in [0.15, 0.2) is 47.8 Å². The molecule has 0 radical (unpaired) electrons. The van der Waals surface area contributed by atoms with Crippen molar-refractivity contribution >= 4 is 17.2 Å². The van der Waals surface area contributed by atoms with E-state index in [0.717, 1.165) is 12.8 Å². The van der Waals surface area contributed by atoms with Crippen molar-refractivity contribution in [1.29, 1.82) is 0 Å². The summed E-state index contributed by atoms with van der Waals surface area (Å²) in [5.41, 5.74) is 1.20. The fourth-order valence-electron chi connectivity index (χ4n) is 2.32. The first-order valence-electron chi connectivity index (χ1n) is 7.56. The number of carbonyl (C=O) groups excluding carboxylic acids is 1. The van der Waals surface area contributed by atoms with E-state index in [4.69, 9.17) is 0 Å². The third-order valence-electron chi connectivity index (χ3n) is 3.80. The van der Waals surface area contributed by atoms with Crippen LogP contribution in [0.1, 0.15) is 37.1 Å². The summed E-state index contributed by atoms with van der Waals surface area (Å²) in [5.74, 6) is 0.251. The van der Waals surface area contributed by atoms with Gasteiger partial charge in [-0.2, -0.15) is 0 Å². The third-order valence-corrected chi connectivity index (χ3v) is 4.74. The highest BCUT2D eigenvalue weighted by Crippen LogP contribution is 2.16. The molecule has 0 fully saturated rings. The third kappa shape index (κ3) is 4.71. The van der Waals surface area contributed by atoms with Crippen molar-refractivity contribution in [3.05, 3.63) is 58.3 Å². The molecule has 0 bridgehead atoms. The predicted molar refractivity (Wildman–Crippen MR) is 89.4 cm³/mol. The number of carbonyl (C=O) groups is 1. The molecule has 0 saturated carbocycles. The van der Waals surface area contributed by atoms with E-state index >= 15 is 0 Å². The Morgan fingerprint density at radius 3 is 2.57 bits per heavy atom. The Bertz CT molecular complexity index is 536. The fraction of sp³-hybridized carbons (Fsp3) is 0.389. The molecule has 0 spiro atoms. The molecule has 0 aliphatic carbocycles. The molecule has 0 N–H and O–H groups in total. The maximum Gasteiger partial charge on any atom is 0.223 e. The number of rotatable bonds is 7. The minimum absolute atomic E-state index is 0.251. The van der Waals surface area contributed by atoms with Crippen molar-refractivity contribution in [2.45, 2.75) is 45.7 Å². The summed E-state index contributed by atoms with van der Waals surface area (Å²) in [4.78, 5) is 15.9. The number of hydrogen-bond acceptors (Lipinski definition) is 2. The molecule has 1 heterocycles. The fourth-order valence-corrected chi connectivity index (χ4v) is 3.03. The van der Waals surface area contributed by atoms with E-state index in [1.165, 1.54) is 10.4 Å². The summed E-state index contributed by atoms with van der Waals surface area (Å²) in [6.07, 6.45) is 2.42. The molecule has 1 aromatic heterocycles. The molecular formula is C18H23NOS. The van der Waals surface area contributed by atoms with Gasteiger partial charge in [0.15, 0.2) is 0 Å². The molecule has 1 atom stereocenters. The lowest BCUT2D eigenvalue weighted by Crippen LogP contribution is -2.37. The van der Waals surface area contributed by atoms with E-state index in [1.807, 2.05) is 29.2 Å². The zero-order chi connectivity index (χ0) is 15.1. The molecule has 2 rings (SSSR count). The monoisotopic (exact) mass is 301 g/mol. The molecule has 0 saturated heterocycles. The van der Waals surface area contributed by atoms with Crippen LogP contribution in [0.25, 0.3) is 0 Å². The number of benzene rings is 1. The number of amides is 1. The van der Waals surface area contributed by atoms with Crippen molar-refractivity contribution in [1.82, 2.24) is 4.90 Å². The van der Waals surface area contributed by atoms with Gasteiger partial charge in [0.25, 0.3) is 0 Å². The Balaban J connectivity index is 1.99. The molecule has 2 nitrogen and oxygen atoms in total. The summed E-state index contributed by atoms with van der Waals surface area (Å²) < 4.78 is 0. The number of hydrogen-bond donors (Lipinski definition) is 0. The van der Waals surface area contributed by atoms with Gasteiger partial charge in [0.1, 0.15) is 0 Å². The standard InChI is InChI=1S/C18H23NOS/c1-3-15(2)19(14-16-8-5-4-6-9-16)18(20)12-11-17-10-7-13-21-17/h4-10,13,15H,3,11-12,14H2,1-2H3. The van der Waals surface area contributed by atoms with Gasteiger partial charge in [-0.15, -0.1) is 11.3 Å². The van der Waals surface area contributed by atoms with Gasteiger partial charge in [-0.25, -0.2) is 0 Å². The van der Waals surface area contributed by atoms with Crippen molar-refractivity contribution < 1.29 is 4.79 Å². The van der Waals surface area contributed by atoms with Gasteiger partial charge in [-0.3, -0.25) is 4.79 Å². The molecule has 21 heavy (non-hydrogen) atoms. The van der Waals surface area contributed by atoms with E-state index in [0.29, 0.717) is 13.0 Å². The second-order valence-electron chi connectivity index (χ2n) is 5.34. The van der Waals surface area contributed by atoms with Gasteiger partial charge in [0, 0.05) is 23.9 Å². The average Bonchev–Trinajstić information content (AvgIpc) is 3.04. The normalized spacial score (nSPS) is 12.1. The SMILES string of the molecule is CCC(C)N(Cc1ccccc1)C(=O)CCc1cccs1. The summed E-state index contributed by atoms with van der Waals surface area (Å²) >= 11 is 1.72. The second kappa shape index (κ2) is 7.99. The molecule has 1 amide bonds. The lowest BCUT2D eigenvalue weighted by molar-refractivity contribution is -0.133. The van der Waals surface area contributed by atoms with Crippen LogP contribution in [0.5, 0.6) is 0 Å². The summed E-state index contributed by atoms with van der Waals surface area (Å²) in [6.45, 7) is 4.97. The predicted octanol–water partition coefficient (Wildman–Crippen LogP) is 4.51. The largest absolute Gasteiger partial charge is 0.336 e. The van der Waals surface area contributed by atoms with Crippen LogP contribution in [-0.2, 0) is 17.8 Å². The molecule has 0 aliphatic rings. The first-order chi connectivity index (χ1) is 10.2. The first-order valence-corrected chi connectivity index (χ1v) is 8.44. The molecular weight excluding hydrogens is 278 g/mol. The Morgan fingerprint density at radius 2 is 1.95 bits per heavy atom. The van der Waals surface area contributed by atoms with Crippen LogP contribution in [0.3, 0.4) is 0 Å². The lowest BCUT2D eigenvalue weighted by atomic mass is 10.1. The summed E-state index contributed by atoms with van der Waals surface area (Å²) in [6, 6.07) is 14.7. The molecule has 2 aromatic rings. The average molecular weight is 301 g/mol. The summed E-state index contributed by atoms with van der Waals surface area (Å²) in [7, 11) is 0. The highest BCUT2D eigenvalue weighted by atomic mass is 32.1. The Hall–Kier alpha value is -1.61. The van der Waals surface area contributed by atoms with Crippen LogP contribution < -0.4 is 0 Å². The lowest BCUT2D eigenvalue weighted by Gasteiger charge is -2.29. The van der Waals surface area contributed by atoms with Crippen LogP contribution in [0, 0.1) is 0 Å². The number of nitrogens with zero attached hydrogens (tertiary/aromatic N) is 1. The van der Waals surface area contributed by atoms with Gasteiger partial charge in [-0.05, 0) is 36.8 Å². The summed E-state index contributed by atoms with van der Waals surface area (Å²) in [5, 5.41) is 2.07. The Kier molecular flexibility index (Phi) is 6.00. The molecule has 0 aliphatic heterocycles. The molecule has 1 unspecified atom stereocenters. The van der Waals surface area contributed by atoms with E-state index < -0.39 is 0 Å². The molecule has 3 heteroatoms. The van der Waals surface area contributed by atoms with E-state index in [9.17, 15) is 4.79 Å².